The van der Waals surface area contributed by atoms with Crippen LogP contribution < -0.4 is 0 Å². The standard InChI is InChI=1S/C72H50/c1-37(2)41-21-13-22-42(38(3)4)63(41)51-27-30-56-60-36-62-61(35-59(60)48-24-14-23-47(51)64(48)56)65(43-17-9-7-15-39(43)5)71-57-33-31-54-52-28-25-49-45-19-11-12-20-46(45)50-26-29-53(68(52)67(49)50)55-32-34-58(70(57)69(54)55)72(71)66(62)44-18-10-8-16-40(44)6/h7-38H,1-6H3. The summed E-state index contributed by atoms with van der Waals surface area (Å²) in [7, 11) is 0. The fourth-order valence-corrected chi connectivity index (χ4v) is 14.4. The van der Waals surface area contributed by atoms with Crippen LogP contribution in [0.2, 0.25) is 0 Å². The van der Waals surface area contributed by atoms with Gasteiger partial charge in [-0.3, -0.25) is 0 Å². The third-order valence-corrected chi connectivity index (χ3v) is 17.5. The monoisotopic (exact) mass is 914 g/mol. The number of benzene rings is 13. The van der Waals surface area contributed by atoms with Crippen LogP contribution in [0.3, 0.4) is 0 Å². The minimum absolute atomic E-state index is 0.405. The van der Waals surface area contributed by atoms with Crippen molar-refractivity contribution in [2.75, 3.05) is 0 Å². The molecule has 0 spiro atoms. The van der Waals surface area contributed by atoms with Crippen molar-refractivity contribution in [3.05, 3.63) is 204 Å². The van der Waals surface area contributed by atoms with E-state index in [2.05, 4.69) is 224 Å². The summed E-state index contributed by atoms with van der Waals surface area (Å²) in [6, 6.07) is 70.8. The Morgan fingerprint density at radius 1 is 0.222 bits per heavy atom. The fourth-order valence-electron chi connectivity index (χ4n) is 14.4. The van der Waals surface area contributed by atoms with Gasteiger partial charge < -0.3 is 0 Å². The Hall–Kier alpha value is -8.32. The first-order chi connectivity index (χ1) is 35.3. The lowest BCUT2D eigenvalue weighted by Gasteiger charge is -2.21. The second kappa shape index (κ2) is 14.2. The molecule has 0 bridgehead atoms. The van der Waals surface area contributed by atoms with Crippen LogP contribution in [0.1, 0.15) is 61.8 Å². The molecule has 15 aromatic rings. The maximum absolute atomic E-state index is 2.60. The molecule has 0 unspecified atom stereocenters. The van der Waals surface area contributed by atoms with Gasteiger partial charge in [-0.15, -0.1) is 0 Å². The molecule has 1 aliphatic carbocycles. The van der Waals surface area contributed by atoms with Crippen molar-refractivity contribution in [1.29, 1.82) is 0 Å². The summed E-state index contributed by atoms with van der Waals surface area (Å²) in [6.07, 6.45) is 0. The van der Waals surface area contributed by atoms with Gasteiger partial charge in [0.25, 0.3) is 0 Å². The zero-order valence-corrected chi connectivity index (χ0v) is 41.5. The molecule has 338 valence electrons. The smallest absolute Gasteiger partial charge is 0.000730 e. The van der Waals surface area contributed by atoms with Gasteiger partial charge >= 0.3 is 0 Å². The van der Waals surface area contributed by atoms with E-state index in [9.17, 15) is 0 Å². The molecule has 72 heavy (non-hydrogen) atoms. The van der Waals surface area contributed by atoms with Gasteiger partial charge in [0.05, 0.1) is 0 Å². The molecule has 0 saturated heterocycles. The Bertz CT molecular complexity index is 4610. The quantitative estimate of drug-likeness (QED) is 0.119. The van der Waals surface area contributed by atoms with Gasteiger partial charge in [0.2, 0.25) is 0 Å². The summed E-state index contributed by atoms with van der Waals surface area (Å²) < 4.78 is 0. The molecule has 0 fully saturated rings. The van der Waals surface area contributed by atoms with Crippen LogP contribution in [0, 0.1) is 13.8 Å². The minimum Gasteiger partial charge on any atom is -0.0620 e. The highest BCUT2D eigenvalue weighted by Crippen LogP contribution is 2.58. The Kier molecular flexibility index (Phi) is 7.96. The molecule has 0 aliphatic heterocycles. The molecule has 1 aliphatic rings. The topological polar surface area (TPSA) is 0 Å². The predicted octanol–water partition coefficient (Wildman–Crippen LogP) is 21.0. The van der Waals surface area contributed by atoms with Crippen LogP contribution in [0.5, 0.6) is 0 Å². The van der Waals surface area contributed by atoms with Crippen LogP contribution in [-0.2, 0) is 0 Å². The van der Waals surface area contributed by atoms with E-state index in [4.69, 9.17) is 0 Å². The Morgan fingerprint density at radius 2 is 0.597 bits per heavy atom. The van der Waals surface area contributed by atoms with E-state index < -0.39 is 0 Å². The molecular weight excluding hydrogens is 865 g/mol. The molecule has 0 nitrogen and oxygen atoms in total. The van der Waals surface area contributed by atoms with Crippen molar-refractivity contribution >= 4 is 108 Å². The van der Waals surface area contributed by atoms with Crippen molar-refractivity contribution in [1.82, 2.24) is 0 Å². The summed E-state index contributed by atoms with van der Waals surface area (Å²) in [6.45, 7) is 14.0. The highest BCUT2D eigenvalue weighted by Gasteiger charge is 2.30. The van der Waals surface area contributed by atoms with Gasteiger partial charge in [-0.05, 0) is 223 Å². The normalized spacial score (nSPS) is 12.8. The predicted molar refractivity (Wildman–Crippen MR) is 313 cm³/mol. The molecule has 0 heteroatoms. The van der Waals surface area contributed by atoms with E-state index in [0.717, 1.165) is 0 Å². The minimum atomic E-state index is 0.405. The molecule has 0 radical (unpaired) electrons. The largest absolute Gasteiger partial charge is 0.0620 e. The fraction of sp³-hybridized carbons (Fsp3) is 0.111. The summed E-state index contributed by atoms with van der Waals surface area (Å²) in [5.74, 6) is 0.810. The maximum Gasteiger partial charge on any atom is -0.000730 e. The first-order valence-electron chi connectivity index (χ1n) is 26.1. The lowest BCUT2D eigenvalue weighted by Crippen LogP contribution is -2.00. The zero-order chi connectivity index (χ0) is 48.0. The van der Waals surface area contributed by atoms with Gasteiger partial charge in [0.1, 0.15) is 0 Å². The van der Waals surface area contributed by atoms with Crippen LogP contribution in [-0.4, -0.2) is 0 Å². The lowest BCUT2D eigenvalue weighted by molar-refractivity contribution is 0.838. The van der Waals surface area contributed by atoms with Crippen molar-refractivity contribution in [2.45, 2.75) is 53.4 Å². The SMILES string of the molecule is Cc1ccccc1-c1c2cc3c(cc2c(-c2ccccc2C)c2c4ccc5c6ccc7c8c(ccc(c9ccc(c12)c4c95)c86)-c1ccccc1-7)c1ccc(-c2c(C(C)C)cccc2C(C)C)c2cccc3c21. The summed E-state index contributed by atoms with van der Waals surface area (Å²) in [5.41, 5.74) is 18.8. The van der Waals surface area contributed by atoms with Crippen LogP contribution in [0.4, 0.5) is 0 Å². The van der Waals surface area contributed by atoms with E-state index in [1.165, 1.54) is 186 Å². The number of hydrogen-bond donors (Lipinski definition) is 0. The molecular formula is C72H50. The Balaban J connectivity index is 1.09. The van der Waals surface area contributed by atoms with Gasteiger partial charge in [0, 0.05) is 0 Å². The van der Waals surface area contributed by atoms with Crippen LogP contribution in [0.25, 0.3) is 163 Å². The number of fused-ring (bicyclic) bond motifs is 12. The van der Waals surface area contributed by atoms with Gasteiger partial charge in [-0.1, -0.05) is 198 Å². The summed E-state index contributed by atoms with van der Waals surface area (Å²) in [4.78, 5) is 0. The van der Waals surface area contributed by atoms with Gasteiger partial charge in [-0.2, -0.15) is 0 Å². The number of rotatable bonds is 5. The van der Waals surface area contributed by atoms with Crippen molar-refractivity contribution < 1.29 is 0 Å². The van der Waals surface area contributed by atoms with Crippen LogP contribution in [0.15, 0.2) is 182 Å². The highest BCUT2D eigenvalue weighted by atomic mass is 14.3. The second-order valence-electron chi connectivity index (χ2n) is 21.8. The van der Waals surface area contributed by atoms with E-state index >= 15 is 0 Å². The van der Waals surface area contributed by atoms with E-state index in [1.54, 1.807) is 0 Å². The molecule has 0 atom stereocenters. The molecule has 0 aromatic heterocycles. The average molecular weight is 915 g/mol. The van der Waals surface area contributed by atoms with E-state index in [1.807, 2.05) is 0 Å². The first-order valence-corrected chi connectivity index (χ1v) is 26.1. The number of hydrogen-bond acceptors (Lipinski definition) is 0. The van der Waals surface area contributed by atoms with E-state index in [0.29, 0.717) is 11.8 Å². The van der Waals surface area contributed by atoms with Crippen LogP contribution >= 0.6 is 0 Å². The average Bonchev–Trinajstić information content (AvgIpc) is 4.03. The molecule has 0 saturated carbocycles. The molecule has 0 heterocycles. The van der Waals surface area contributed by atoms with Gasteiger partial charge in [0.15, 0.2) is 0 Å². The Labute approximate surface area is 418 Å². The summed E-state index contributed by atoms with van der Waals surface area (Å²) in [5, 5.41) is 26.9. The lowest BCUT2D eigenvalue weighted by atomic mass is 9.83. The third kappa shape index (κ3) is 4.97. The highest BCUT2D eigenvalue weighted by molar-refractivity contribution is 6.47. The molecule has 0 amide bonds. The Morgan fingerprint density at radius 3 is 1.10 bits per heavy atom. The molecule has 15 aromatic carbocycles. The zero-order valence-electron chi connectivity index (χ0n) is 41.5. The molecule has 0 N–H and O–H groups in total. The van der Waals surface area contributed by atoms with Gasteiger partial charge in [-0.25, -0.2) is 0 Å². The molecule has 16 rings (SSSR count). The third-order valence-electron chi connectivity index (χ3n) is 17.5. The first kappa shape index (κ1) is 40.4. The maximum atomic E-state index is 2.60. The number of aryl methyl sites for hydroxylation is 2. The van der Waals surface area contributed by atoms with Crippen molar-refractivity contribution in [3.63, 3.8) is 0 Å². The van der Waals surface area contributed by atoms with Crippen molar-refractivity contribution in [3.8, 4) is 55.6 Å². The van der Waals surface area contributed by atoms with Crippen molar-refractivity contribution in [2.24, 2.45) is 0 Å². The second-order valence-corrected chi connectivity index (χ2v) is 21.8. The summed E-state index contributed by atoms with van der Waals surface area (Å²) >= 11 is 0. The van der Waals surface area contributed by atoms with E-state index in [-0.39, 0.29) is 0 Å².